The molecule has 1 amide bonds. The standard InChI is InChI=1S/C20H24FN3O2/c1-26-19-8-6-18(7-9-19)23-10-12-24(13-11-23)20(25)15-22-14-16-2-4-17(21)5-3-16/h2-9,22H,10-15H2,1H3. The highest BCUT2D eigenvalue weighted by molar-refractivity contribution is 5.78. The van der Waals surface area contributed by atoms with Gasteiger partial charge in [0.25, 0.3) is 0 Å². The van der Waals surface area contributed by atoms with Crippen LogP contribution in [0.2, 0.25) is 0 Å². The van der Waals surface area contributed by atoms with Gasteiger partial charge in [0.15, 0.2) is 0 Å². The number of piperazine rings is 1. The number of ether oxygens (including phenoxy) is 1. The number of rotatable bonds is 6. The molecule has 0 radical (unpaired) electrons. The van der Waals surface area contributed by atoms with Gasteiger partial charge in [-0.25, -0.2) is 4.39 Å². The van der Waals surface area contributed by atoms with Crippen molar-refractivity contribution in [2.75, 3.05) is 44.7 Å². The van der Waals surface area contributed by atoms with Crippen molar-refractivity contribution in [2.45, 2.75) is 6.54 Å². The van der Waals surface area contributed by atoms with Crippen LogP contribution in [0.25, 0.3) is 0 Å². The quantitative estimate of drug-likeness (QED) is 0.862. The molecule has 138 valence electrons. The van der Waals surface area contributed by atoms with Crippen LogP contribution in [0, 0.1) is 5.82 Å². The molecule has 0 aromatic heterocycles. The molecule has 2 aromatic carbocycles. The van der Waals surface area contributed by atoms with Gasteiger partial charge in [-0.3, -0.25) is 4.79 Å². The second-order valence-corrected chi connectivity index (χ2v) is 6.30. The first-order chi connectivity index (χ1) is 12.7. The van der Waals surface area contributed by atoms with Gasteiger partial charge < -0.3 is 19.9 Å². The van der Waals surface area contributed by atoms with Crippen molar-refractivity contribution in [3.63, 3.8) is 0 Å². The third-order valence-electron chi connectivity index (χ3n) is 4.59. The third-order valence-corrected chi connectivity index (χ3v) is 4.59. The summed E-state index contributed by atoms with van der Waals surface area (Å²) in [6.45, 7) is 3.90. The molecule has 0 atom stereocenters. The average molecular weight is 357 g/mol. The van der Waals surface area contributed by atoms with E-state index in [0.717, 1.165) is 30.1 Å². The van der Waals surface area contributed by atoms with Crippen molar-refractivity contribution in [3.05, 3.63) is 59.9 Å². The number of hydrogen-bond donors (Lipinski definition) is 1. The molecule has 0 bridgehead atoms. The lowest BCUT2D eigenvalue weighted by molar-refractivity contribution is -0.130. The van der Waals surface area contributed by atoms with Gasteiger partial charge in [-0.05, 0) is 42.0 Å². The normalized spacial score (nSPS) is 14.4. The molecule has 1 fully saturated rings. The summed E-state index contributed by atoms with van der Waals surface area (Å²) in [6, 6.07) is 14.3. The summed E-state index contributed by atoms with van der Waals surface area (Å²) in [5, 5.41) is 3.13. The molecule has 1 heterocycles. The zero-order valence-corrected chi connectivity index (χ0v) is 15.0. The van der Waals surface area contributed by atoms with Gasteiger partial charge in [-0.15, -0.1) is 0 Å². The van der Waals surface area contributed by atoms with Crippen molar-refractivity contribution in [1.29, 1.82) is 0 Å². The fourth-order valence-electron chi connectivity index (χ4n) is 3.03. The summed E-state index contributed by atoms with van der Waals surface area (Å²) in [4.78, 5) is 16.5. The number of nitrogens with zero attached hydrogens (tertiary/aromatic N) is 2. The maximum Gasteiger partial charge on any atom is 0.236 e. The molecular weight excluding hydrogens is 333 g/mol. The number of anilines is 1. The molecule has 0 aliphatic carbocycles. The first-order valence-corrected chi connectivity index (χ1v) is 8.77. The van der Waals surface area contributed by atoms with E-state index in [1.165, 1.54) is 12.1 Å². The fraction of sp³-hybridized carbons (Fsp3) is 0.350. The van der Waals surface area contributed by atoms with Crippen LogP contribution in [0.4, 0.5) is 10.1 Å². The molecule has 1 N–H and O–H groups in total. The molecule has 1 saturated heterocycles. The molecule has 1 aliphatic rings. The molecule has 26 heavy (non-hydrogen) atoms. The fourth-order valence-corrected chi connectivity index (χ4v) is 3.03. The summed E-state index contributed by atoms with van der Waals surface area (Å²) >= 11 is 0. The van der Waals surface area contributed by atoms with E-state index in [1.807, 2.05) is 29.2 Å². The predicted octanol–water partition coefficient (Wildman–Crippen LogP) is 2.27. The van der Waals surface area contributed by atoms with Crippen LogP contribution < -0.4 is 15.0 Å². The first kappa shape index (κ1) is 18.2. The summed E-state index contributed by atoms with van der Waals surface area (Å²) in [6.07, 6.45) is 0. The van der Waals surface area contributed by atoms with E-state index in [0.29, 0.717) is 26.2 Å². The molecule has 5 nitrogen and oxygen atoms in total. The van der Waals surface area contributed by atoms with E-state index in [2.05, 4.69) is 10.2 Å². The van der Waals surface area contributed by atoms with Crippen LogP contribution in [-0.4, -0.2) is 50.6 Å². The molecule has 3 rings (SSSR count). The summed E-state index contributed by atoms with van der Waals surface area (Å²) in [5.41, 5.74) is 2.11. The summed E-state index contributed by atoms with van der Waals surface area (Å²) in [5.74, 6) is 0.691. The molecule has 2 aromatic rings. The Labute approximate surface area is 153 Å². The summed E-state index contributed by atoms with van der Waals surface area (Å²) in [7, 11) is 1.66. The highest BCUT2D eigenvalue weighted by Gasteiger charge is 2.20. The maximum absolute atomic E-state index is 12.9. The second-order valence-electron chi connectivity index (χ2n) is 6.30. The smallest absolute Gasteiger partial charge is 0.236 e. The van der Waals surface area contributed by atoms with Gasteiger partial charge in [0.2, 0.25) is 5.91 Å². The van der Waals surface area contributed by atoms with Crippen molar-refractivity contribution in [1.82, 2.24) is 10.2 Å². The topological polar surface area (TPSA) is 44.8 Å². The number of methoxy groups -OCH3 is 1. The number of carbonyl (C=O) groups is 1. The minimum Gasteiger partial charge on any atom is -0.497 e. The Morgan fingerprint density at radius 2 is 1.69 bits per heavy atom. The van der Waals surface area contributed by atoms with Crippen molar-refractivity contribution in [2.24, 2.45) is 0 Å². The Kier molecular flexibility index (Phi) is 6.07. The molecular formula is C20H24FN3O2. The van der Waals surface area contributed by atoms with Crippen LogP contribution in [0.15, 0.2) is 48.5 Å². The lowest BCUT2D eigenvalue weighted by atomic mass is 10.2. The predicted molar refractivity (Wildman–Crippen MR) is 99.9 cm³/mol. The SMILES string of the molecule is COc1ccc(N2CCN(C(=O)CNCc3ccc(F)cc3)CC2)cc1. The number of benzene rings is 2. The van der Waals surface area contributed by atoms with E-state index < -0.39 is 0 Å². The van der Waals surface area contributed by atoms with E-state index in [4.69, 9.17) is 4.74 Å². The van der Waals surface area contributed by atoms with Gasteiger partial charge in [0, 0.05) is 38.4 Å². The van der Waals surface area contributed by atoms with Gasteiger partial charge in [-0.2, -0.15) is 0 Å². The lowest BCUT2D eigenvalue weighted by Gasteiger charge is -2.36. The van der Waals surface area contributed by atoms with Crippen LogP contribution in [-0.2, 0) is 11.3 Å². The zero-order chi connectivity index (χ0) is 18.4. The lowest BCUT2D eigenvalue weighted by Crippen LogP contribution is -2.50. The van der Waals surface area contributed by atoms with Crippen molar-refractivity contribution < 1.29 is 13.9 Å². The Bertz CT molecular complexity index is 711. The van der Waals surface area contributed by atoms with E-state index >= 15 is 0 Å². The molecule has 0 saturated carbocycles. The minimum absolute atomic E-state index is 0.0986. The van der Waals surface area contributed by atoms with Crippen molar-refractivity contribution >= 4 is 11.6 Å². The Balaban J connectivity index is 1.42. The number of nitrogens with one attached hydrogen (secondary N) is 1. The zero-order valence-electron chi connectivity index (χ0n) is 15.0. The first-order valence-electron chi connectivity index (χ1n) is 8.77. The number of amides is 1. The minimum atomic E-state index is -0.250. The highest BCUT2D eigenvalue weighted by Crippen LogP contribution is 2.20. The number of halogens is 1. The summed E-state index contributed by atoms with van der Waals surface area (Å²) < 4.78 is 18.1. The van der Waals surface area contributed by atoms with Crippen molar-refractivity contribution in [3.8, 4) is 5.75 Å². The molecule has 0 spiro atoms. The van der Waals surface area contributed by atoms with E-state index in [-0.39, 0.29) is 11.7 Å². The van der Waals surface area contributed by atoms with Gasteiger partial charge in [-0.1, -0.05) is 12.1 Å². The average Bonchev–Trinajstić information content (AvgIpc) is 2.69. The van der Waals surface area contributed by atoms with Crippen LogP contribution in [0.5, 0.6) is 5.75 Å². The highest BCUT2D eigenvalue weighted by atomic mass is 19.1. The number of carbonyl (C=O) groups excluding carboxylic acids is 1. The number of hydrogen-bond acceptors (Lipinski definition) is 4. The van der Waals surface area contributed by atoms with Crippen LogP contribution in [0.1, 0.15) is 5.56 Å². The second kappa shape index (κ2) is 8.67. The van der Waals surface area contributed by atoms with Crippen LogP contribution in [0.3, 0.4) is 0 Å². The van der Waals surface area contributed by atoms with Gasteiger partial charge in [0.1, 0.15) is 11.6 Å². The largest absolute Gasteiger partial charge is 0.497 e. The Hall–Kier alpha value is -2.60. The monoisotopic (exact) mass is 357 g/mol. The van der Waals surface area contributed by atoms with E-state index in [1.54, 1.807) is 19.2 Å². The van der Waals surface area contributed by atoms with Crippen LogP contribution >= 0.6 is 0 Å². The molecule has 1 aliphatic heterocycles. The molecule has 0 unspecified atom stereocenters. The van der Waals surface area contributed by atoms with Gasteiger partial charge in [0.05, 0.1) is 13.7 Å². The van der Waals surface area contributed by atoms with Gasteiger partial charge >= 0.3 is 0 Å². The molecule has 6 heteroatoms. The Morgan fingerprint density at radius 3 is 2.31 bits per heavy atom. The maximum atomic E-state index is 12.9. The third kappa shape index (κ3) is 4.73. The Morgan fingerprint density at radius 1 is 1.04 bits per heavy atom. The van der Waals surface area contributed by atoms with E-state index in [9.17, 15) is 9.18 Å².